The molecule has 280 valence electrons. The molecular formula is C39H49N9O5. The number of rotatable bonds is 11. The van der Waals surface area contributed by atoms with Crippen molar-refractivity contribution >= 4 is 29.4 Å². The Labute approximate surface area is 309 Å². The van der Waals surface area contributed by atoms with Crippen molar-refractivity contribution in [3.8, 4) is 22.5 Å². The van der Waals surface area contributed by atoms with Crippen molar-refractivity contribution in [2.45, 2.75) is 71.4 Å². The molecule has 14 nitrogen and oxygen atoms in total. The second kappa shape index (κ2) is 16.5. The van der Waals surface area contributed by atoms with Gasteiger partial charge in [-0.1, -0.05) is 24.3 Å². The van der Waals surface area contributed by atoms with Crippen LogP contribution in [-0.4, -0.2) is 88.0 Å². The fourth-order valence-corrected chi connectivity index (χ4v) is 7.04. The van der Waals surface area contributed by atoms with Crippen LogP contribution < -0.4 is 20.9 Å². The second-order valence-corrected chi connectivity index (χ2v) is 14.9. The summed E-state index contributed by atoms with van der Waals surface area (Å²) in [5.74, 6) is 0.507. The number of morpholine rings is 1. The monoisotopic (exact) mass is 723 g/mol. The van der Waals surface area contributed by atoms with E-state index in [2.05, 4.69) is 43.8 Å². The molecule has 4 N–H and O–H groups in total. The van der Waals surface area contributed by atoms with E-state index in [0.717, 1.165) is 54.0 Å². The molecule has 14 heteroatoms. The van der Waals surface area contributed by atoms with Gasteiger partial charge < -0.3 is 25.4 Å². The molecule has 0 spiro atoms. The normalized spacial score (nSPS) is 18.2. The first-order chi connectivity index (χ1) is 25.4. The van der Waals surface area contributed by atoms with Gasteiger partial charge in [0.2, 0.25) is 17.6 Å². The number of hydrogen-bond donors (Lipinski definition) is 3. The summed E-state index contributed by atoms with van der Waals surface area (Å²) in [4.78, 5) is 48.5. The van der Waals surface area contributed by atoms with Gasteiger partial charge in [0.05, 0.1) is 13.2 Å². The first kappa shape index (κ1) is 37.4. The van der Waals surface area contributed by atoms with Crippen LogP contribution in [0.25, 0.3) is 22.5 Å². The summed E-state index contributed by atoms with van der Waals surface area (Å²) in [5.41, 5.74) is 10.8. The summed E-state index contributed by atoms with van der Waals surface area (Å²) in [6.07, 6.45) is 4.43. The number of ether oxygens (including phenoxy) is 2. The fraction of sp³-hybridized carbons (Fsp3) is 0.462. The number of benzene rings is 2. The second-order valence-electron chi connectivity index (χ2n) is 14.9. The van der Waals surface area contributed by atoms with Crippen LogP contribution in [0.15, 0.2) is 60.8 Å². The lowest BCUT2D eigenvalue weighted by Crippen LogP contribution is -2.52. The van der Waals surface area contributed by atoms with E-state index in [9.17, 15) is 14.4 Å². The highest BCUT2D eigenvalue weighted by Gasteiger charge is 2.36. The summed E-state index contributed by atoms with van der Waals surface area (Å²) in [6, 6.07) is 16.3. The highest BCUT2D eigenvalue weighted by molar-refractivity contribution is 6.01. The number of pyridine rings is 1. The molecule has 1 atom stereocenters. The molecule has 3 heterocycles. The SMILES string of the molecule is Cc1cc(N2CCOCC2)ncc1-c1ccc(C[C@@H](C(N)=O)N(C(=O)C2CCC(CNC(=O)OC(C)(C)C)CC2)c2ccc(-c3nn[nH]n3)cc2)cc1. The third kappa shape index (κ3) is 9.55. The summed E-state index contributed by atoms with van der Waals surface area (Å²) in [5, 5.41) is 17.1. The number of alkyl carbamates (subject to hydrolysis) is 1. The van der Waals surface area contributed by atoms with Gasteiger partial charge in [-0.05, 0) is 112 Å². The number of nitrogens with two attached hydrogens (primary N) is 1. The zero-order valence-electron chi connectivity index (χ0n) is 30.9. The van der Waals surface area contributed by atoms with Crippen molar-refractivity contribution < 1.29 is 23.9 Å². The zero-order chi connectivity index (χ0) is 37.5. The van der Waals surface area contributed by atoms with Crippen LogP contribution in [0.1, 0.15) is 57.6 Å². The van der Waals surface area contributed by atoms with Crippen molar-refractivity contribution in [3.63, 3.8) is 0 Å². The molecule has 2 fully saturated rings. The molecular weight excluding hydrogens is 674 g/mol. The summed E-state index contributed by atoms with van der Waals surface area (Å²) in [7, 11) is 0. The summed E-state index contributed by atoms with van der Waals surface area (Å²) >= 11 is 0. The predicted octanol–water partition coefficient (Wildman–Crippen LogP) is 4.83. The first-order valence-electron chi connectivity index (χ1n) is 18.3. The van der Waals surface area contributed by atoms with E-state index < -0.39 is 23.6 Å². The van der Waals surface area contributed by atoms with Gasteiger partial charge in [0.15, 0.2) is 0 Å². The molecule has 1 aliphatic heterocycles. The number of amides is 3. The Morgan fingerprint density at radius 2 is 1.70 bits per heavy atom. The van der Waals surface area contributed by atoms with E-state index in [1.165, 1.54) is 0 Å². The number of aryl methyl sites for hydroxylation is 1. The van der Waals surface area contributed by atoms with E-state index >= 15 is 0 Å². The molecule has 6 rings (SSSR count). The number of nitrogens with one attached hydrogen (secondary N) is 2. The third-order valence-corrected chi connectivity index (χ3v) is 9.88. The lowest BCUT2D eigenvalue weighted by atomic mass is 9.81. The van der Waals surface area contributed by atoms with E-state index in [4.69, 9.17) is 20.2 Å². The summed E-state index contributed by atoms with van der Waals surface area (Å²) in [6.45, 7) is 11.1. The highest BCUT2D eigenvalue weighted by atomic mass is 16.6. The molecule has 2 aromatic carbocycles. The predicted molar refractivity (Wildman–Crippen MR) is 201 cm³/mol. The van der Waals surface area contributed by atoms with E-state index in [0.29, 0.717) is 49.7 Å². The number of anilines is 2. The van der Waals surface area contributed by atoms with Crippen molar-refractivity contribution in [2.75, 3.05) is 42.6 Å². The van der Waals surface area contributed by atoms with Crippen LogP contribution in [0.2, 0.25) is 0 Å². The van der Waals surface area contributed by atoms with Gasteiger partial charge in [-0.3, -0.25) is 14.5 Å². The average Bonchev–Trinajstić information content (AvgIpc) is 3.70. The molecule has 4 aromatic rings. The van der Waals surface area contributed by atoms with Crippen LogP contribution in [0.5, 0.6) is 0 Å². The molecule has 2 aliphatic rings. The number of H-pyrrole nitrogens is 1. The molecule has 53 heavy (non-hydrogen) atoms. The van der Waals surface area contributed by atoms with Gasteiger partial charge in [0.1, 0.15) is 17.5 Å². The standard InChI is InChI=1S/C39H49N9O5/c1-25-21-34(47-17-19-52-20-18-47)41-24-32(25)28-9-5-26(6-10-28)22-33(35(40)49)48(31-15-13-29(14-16-31)36-43-45-46-44-36)37(50)30-11-7-27(8-12-30)23-42-38(51)53-39(2,3)4/h5-6,9-10,13-16,21,24,27,30,33H,7-8,11-12,17-20,22-23H2,1-4H3,(H2,40,49)(H,42,51)(H,43,44,45,46)/t27?,30?,33-/m0/s1. The Morgan fingerprint density at radius 1 is 1.02 bits per heavy atom. The number of aromatic amines is 1. The molecule has 0 radical (unpaired) electrons. The quantitative estimate of drug-likeness (QED) is 0.194. The third-order valence-electron chi connectivity index (χ3n) is 9.88. The van der Waals surface area contributed by atoms with Gasteiger partial charge in [0.25, 0.3) is 0 Å². The maximum atomic E-state index is 14.5. The smallest absolute Gasteiger partial charge is 0.407 e. The number of tetrazole rings is 1. The number of primary amides is 1. The van der Waals surface area contributed by atoms with Crippen LogP contribution >= 0.6 is 0 Å². The zero-order valence-corrected chi connectivity index (χ0v) is 30.9. The van der Waals surface area contributed by atoms with Crippen molar-refractivity contribution in [2.24, 2.45) is 17.6 Å². The maximum absolute atomic E-state index is 14.5. The molecule has 2 aromatic heterocycles. The minimum atomic E-state index is -0.938. The van der Waals surface area contributed by atoms with Crippen LogP contribution in [0, 0.1) is 18.8 Å². The minimum Gasteiger partial charge on any atom is -0.444 e. The van der Waals surface area contributed by atoms with Gasteiger partial charge >= 0.3 is 6.09 Å². The summed E-state index contributed by atoms with van der Waals surface area (Å²) < 4.78 is 10.9. The molecule has 1 aliphatic carbocycles. The van der Waals surface area contributed by atoms with Crippen LogP contribution in [0.3, 0.4) is 0 Å². The van der Waals surface area contributed by atoms with Gasteiger partial charge in [-0.2, -0.15) is 5.21 Å². The van der Waals surface area contributed by atoms with Gasteiger partial charge in [0, 0.05) is 55.0 Å². The maximum Gasteiger partial charge on any atom is 0.407 e. The Kier molecular flexibility index (Phi) is 11.7. The Morgan fingerprint density at radius 3 is 2.30 bits per heavy atom. The van der Waals surface area contributed by atoms with E-state index in [1.807, 2.05) is 51.2 Å². The van der Waals surface area contributed by atoms with Crippen molar-refractivity contribution in [3.05, 3.63) is 71.9 Å². The van der Waals surface area contributed by atoms with E-state index in [-0.39, 0.29) is 24.2 Å². The lowest BCUT2D eigenvalue weighted by molar-refractivity contribution is -0.127. The number of nitrogens with zero attached hydrogens (tertiary/aromatic N) is 6. The molecule has 3 amide bonds. The minimum absolute atomic E-state index is 0.154. The van der Waals surface area contributed by atoms with Gasteiger partial charge in [-0.15, -0.1) is 10.2 Å². The Balaban J connectivity index is 1.19. The molecule has 0 bridgehead atoms. The van der Waals surface area contributed by atoms with Crippen LogP contribution in [0.4, 0.5) is 16.3 Å². The topological polar surface area (TPSA) is 182 Å². The largest absolute Gasteiger partial charge is 0.444 e. The highest BCUT2D eigenvalue weighted by Crippen LogP contribution is 2.34. The van der Waals surface area contributed by atoms with Crippen molar-refractivity contribution in [1.29, 1.82) is 0 Å². The first-order valence-corrected chi connectivity index (χ1v) is 18.3. The molecule has 1 saturated heterocycles. The Hall–Kier alpha value is -5.37. The van der Waals surface area contributed by atoms with Crippen molar-refractivity contribution in [1.82, 2.24) is 30.9 Å². The number of hydrogen-bond acceptors (Lipinski definition) is 10. The number of aromatic nitrogens is 5. The van der Waals surface area contributed by atoms with Gasteiger partial charge in [-0.25, -0.2) is 9.78 Å². The van der Waals surface area contributed by atoms with E-state index in [1.54, 1.807) is 29.2 Å². The van der Waals surface area contributed by atoms with Crippen LogP contribution in [-0.2, 0) is 25.5 Å². The lowest BCUT2D eigenvalue weighted by Gasteiger charge is -2.36. The number of carbonyl (C=O) groups is 3. The molecule has 1 saturated carbocycles. The Bertz CT molecular complexity index is 1850. The number of carbonyl (C=O) groups excluding carboxylic acids is 3. The average molecular weight is 724 g/mol. The fourth-order valence-electron chi connectivity index (χ4n) is 7.04. The molecule has 0 unspecified atom stereocenters.